The van der Waals surface area contributed by atoms with Crippen molar-refractivity contribution in [3.8, 4) is 0 Å². The van der Waals surface area contributed by atoms with Crippen LogP contribution in [0.25, 0.3) is 0 Å². The molecule has 4 heteroatoms. The van der Waals surface area contributed by atoms with E-state index in [1.54, 1.807) is 0 Å². The summed E-state index contributed by atoms with van der Waals surface area (Å²) in [6.45, 7) is 0. The summed E-state index contributed by atoms with van der Waals surface area (Å²) < 4.78 is 0.334. The molecule has 4 aliphatic rings. The molecule has 4 fully saturated rings. The number of hydrogen-bond donors (Lipinski definition) is 0. The summed E-state index contributed by atoms with van der Waals surface area (Å²) in [4.78, 5) is 0. The van der Waals surface area contributed by atoms with Gasteiger partial charge in [-0.05, 0) is 43.4 Å². The molecule has 4 aliphatic carbocycles. The molecule has 0 saturated heterocycles. The van der Waals surface area contributed by atoms with E-state index >= 15 is 0 Å². The van der Waals surface area contributed by atoms with Crippen molar-refractivity contribution in [3.05, 3.63) is 0 Å². The summed E-state index contributed by atoms with van der Waals surface area (Å²) >= 11 is 15.7. The molecule has 4 saturated carbocycles. The second-order valence-electron chi connectivity index (χ2n) is 5.10. The lowest BCUT2D eigenvalue weighted by Gasteiger charge is -2.62. The average Bonchev–Trinajstić information content (AvgIpc) is 2.09. The fourth-order valence-corrected chi connectivity index (χ4v) is 8.65. The van der Waals surface area contributed by atoms with E-state index in [0.717, 1.165) is 17.8 Å². The van der Waals surface area contributed by atoms with Crippen molar-refractivity contribution in [1.82, 2.24) is 0 Å². The highest BCUT2D eigenvalue weighted by Gasteiger charge is 2.64. The Morgan fingerprint density at radius 2 is 1.21 bits per heavy atom. The lowest BCUT2D eigenvalue weighted by molar-refractivity contribution is 0.0204. The van der Waals surface area contributed by atoms with Crippen molar-refractivity contribution >= 4 is 63.7 Å². The molecular formula is C10H12Br4. The van der Waals surface area contributed by atoms with E-state index < -0.39 is 0 Å². The predicted molar refractivity (Wildman–Crippen MR) is 73.6 cm³/mol. The van der Waals surface area contributed by atoms with Crippen molar-refractivity contribution in [2.75, 3.05) is 0 Å². The molecule has 2 atom stereocenters. The number of rotatable bonds is 0. The van der Waals surface area contributed by atoms with Gasteiger partial charge in [0.1, 0.15) is 0 Å². The standard InChI is InChI=1S/C10H12Br4/c11-9(12)6-1-5-2-7(4-6)10(13,14)8(9)3-5/h5-8H,1-4H2/t5?,6-,7-,8?/m1/s1. The molecular weight excluding hydrogens is 440 g/mol. The van der Waals surface area contributed by atoms with E-state index in [-0.39, 0.29) is 6.47 Å². The molecule has 0 nitrogen and oxygen atoms in total. The zero-order valence-electron chi connectivity index (χ0n) is 7.65. The lowest BCUT2D eigenvalue weighted by Crippen LogP contribution is -2.60. The molecule has 0 spiro atoms. The van der Waals surface area contributed by atoms with Gasteiger partial charge in [0.25, 0.3) is 0 Å². The molecule has 14 heavy (non-hydrogen) atoms. The van der Waals surface area contributed by atoms with Crippen LogP contribution < -0.4 is 0 Å². The molecule has 0 aromatic rings. The van der Waals surface area contributed by atoms with Crippen LogP contribution in [-0.2, 0) is 0 Å². The maximum absolute atomic E-state index is 3.92. The van der Waals surface area contributed by atoms with Crippen molar-refractivity contribution in [2.45, 2.75) is 32.2 Å². The van der Waals surface area contributed by atoms with Crippen molar-refractivity contribution in [2.24, 2.45) is 23.7 Å². The first-order chi connectivity index (χ1) is 6.42. The Balaban J connectivity index is 2.04. The summed E-state index contributed by atoms with van der Waals surface area (Å²) in [6, 6.07) is 0. The third kappa shape index (κ3) is 1.32. The highest BCUT2D eigenvalue weighted by Crippen LogP contribution is 2.71. The fraction of sp³-hybridized carbons (Fsp3) is 1.00. The minimum absolute atomic E-state index is 0.167. The number of hydrogen-bond acceptors (Lipinski definition) is 0. The van der Waals surface area contributed by atoms with Gasteiger partial charge in [0.15, 0.2) is 0 Å². The maximum Gasteiger partial charge on any atom is 0.0883 e. The largest absolute Gasteiger partial charge is 0.0883 e. The molecule has 0 heterocycles. The Bertz CT molecular complexity index is 249. The van der Waals surface area contributed by atoms with Crippen LogP contribution in [0.15, 0.2) is 0 Å². The van der Waals surface area contributed by atoms with Crippen molar-refractivity contribution in [1.29, 1.82) is 0 Å². The van der Waals surface area contributed by atoms with Crippen molar-refractivity contribution in [3.63, 3.8) is 0 Å². The molecule has 0 amide bonds. The Morgan fingerprint density at radius 3 is 1.71 bits per heavy atom. The van der Waals surface area contributed by atoms with Crippen LogP contribution in [0.3, 0.4) is 0 Å². The molecule has 0 aromatic carbocycles. The summed E-state index contributed by atoms with van der Waals surface area (Å²) in [7, 11) is 0. The minimum Gasteiger partial charge on any atom is -0.0720 e. The zero-order chi connectivity index (χ0) is 10.1. The molecule has 4 bridgehead atoms. The minimum atomic E-state index is 0.167. The smallest absolute Gasteiger partial charge is 0.0720 e. The predicted octanol–water partition coefficient (Wildman–Crippen LogP) is 5.02. The van der Waals surface area contributed by atoms with E-state index in [2.05, 4.69) is 63.7 Å². The topological polar surface area (TPSA) is 0 Å². The summed E-state index contributed by atoms with van der Waals surface area (Å²) in [5.74, 6) is 3.31. The zero-order valence-corrected chi connectivity index (χ0v) is 14.0. The second kappa shape index (κ2) is 3.23. The van der Waals surface area contributed by atoms with Crippen LogP contribution in [0.1, 0.15) is 25.7 Å². The van der Waals surface area contributed by atoms with Crippen LogP contribution >= 0.6 is 63.7 Å². The highest BCUT2D eigenvalue weighted by molar-refractivity contribution is 9.26. The average molecular weight is 452 g/mol. The third-order valence-corrected chi connectivity index (χ3v) is 9.19. The van der Waals surface area contributed by atoms with Crippen LogP contribution in [0, 0.1) is 23.7 Å². The first kappa shape index (κ1) is 11.0. The monoisotopic (exact) mass is 448 g/mol. The van der Waals surface area contributed by atoms with Gasteiger partial charge in [-0.15, -0.1) is 0 Å². The number of alkyl halides is 4. The molecule has 0 N–H and O–H groups in total. The first-order valence-corrected chi connectivity index (χ1v) is 8.35. The second-order valence-corrected chi connectivity index (χ2v) is 12.5. The Hall–Kier alpha value is 1.92. The van der Waals surface area contributed by atoms with Gasteiger partial charge in [0, 0.05) is 5.92 Å². The summed E-state index contributed by atoms with van der Waals surface area (Å²) in [5, 5.41) is 0. The quantitative estimate of drug-likeness (QED) is 0.453. The number of halogens is 4. The van der Waals surface area contributed by atoms with Gasteiger partial charge in [0.05, 0.1) is 6.47 Å². The van der Waals surface area contributed by atoms with Gasteiger partial charge in [0.2, 0.25) is 0 Å². The van der Waals surface area contributed by atoms with Crippen LogP contribution in [0.4, 0.5) is 0 Å². The SMILES string of the molecule is BrC1(Br)C2CC3C[C@@H]1C[C@@H](C3)C2(Br)Br. The maximum atomic E-state index is 3.92. The third-order valence-electron chi connectivity index (χ3n) is 4.39. The van der Waals surface area contributed by atoms with E-state index in [1.807, 2.05) is 0 Å². The van der Waals surface area contributed by atoms with Gasteiger partial charge in [-0.25, -0.2) is 0 Å². The van der Waals surface area contributed by atoms with Crippen LogP contribution in [0.5, 0.6) is 0 Å². The Morgan fingerprint density at radius 1 is 0.714 bits per heavy atom. The van der Waals surface area contributed by atoms with E-state index in [0.29, 0.717) is 5.92 Å². The molecule has 80 valence electrons. The van der Waals surface area contributed by atoms with Gasteiger partial charge in [-0.2, -0.15) is 0 Å². The van der Waals surface area contributed by atoms with Gasteiger partial charge < -0.3 is 0 Å². The fourth-order valence-electron chi connectivity index (χ4n) is 3.73. The summed E-state index contributed by atoms with van der Waals surface area (Å²) in [6.07, 6.45) is 5.53. The normalized spacial score (nSPS) is 52.3. The van der Waals surface area contributed by atoms with E-state index in [1.165, 1.54) is 25.7 Å². The Kier molecular flexibility index (Phi) is 2.55. The van der Waals surface area contributed by atoms with Gasteiger partial charge >= 0.3 is 0 Å². The van der Waals surface area contributed by atoms with E-state index in [4.69, 9.17) is 0 Å². The molecule has 0 aliphatic heterocycles. The molecule has 4 rings (SSSR count). The highest BCUT2D eigenvalue weighted by atomic mass is 79.9. The molecule has 0 unspecified atom stereocenters. The van der Waals surface area contributed by atoms with Crippen molar-refractivity contribution < 1.29 is 0 Å². The Labute approximate surface area is 118 Å². The van der Waals surface area contributed by atoms with Crippen LogP contribution in [-0.4, -0.2) is 6.47 Å². The van der Waals surface area contributed by atoms with Crippen LogP contribution in [0.2, 0.25) is 0 Å². The van der Waals surface area contributed by atoms with Gasteiger partial charge in [-0.1, -0.05) is 63.7 Å². The molecule has 0 aromatic heterocycles. The lowest BCUT2D eigenvalue weighted by atomic mass is 9.56. The van der Waals surface area contributed by atoms with E-state index in [9.17, 15) is 0 Å². The summed E-state index contributed by atoms with van der Waals surface area (Å²) in [5.41, 5.74) is 0. The molecule has 0 radical (unpaired) electrons. The first-order valence-electron chi connectivity index (χ1n) is 5.18. The van der Waals surface area contributed by atoms with Gasteiger partial charge in [-0.3, -0.25) is 0 Å².